The van der Waals surface area contributed by atoms with Crippen LogP contribution in [0.1, 0.15) is 21.7 Å². The van der Waals surface area contributed by atoms with Crippen molar-refractivity contribution in [1.29, 1.82) is 0 Å². The third-order valence-electron chi connectivity index (χ3n) is 6.63. The second kappa shape index (κ2) is 10.2. The van der Waals surface area contributed by atoms with Crippen LogP contribution in [0.5, 0.6) is 17.2 Å². The molecule has 5 rings (SSSR count). The van der Waals surface area contributed by atoms with E-state index in [2.05, 4.69) is 30.0 Å². The van der Waals surface area contributed by atoms with Crippen LogP contribution in [0.25, 0.3) is 11.0 Å². The molecule has 0 spiro atoms. The highest BCUT2D eigenvalue weighted by Gasteiger charge is 2.29. The average molecular weight is 487 g/mol. The van der Waals surface area contributed by atoms with Crippen LogP contribution in [0, 0.1) is 6.92 Å². The van der Waals surface area contributed by atoms with Crippen molar-refractivity contribution in [2.45, 2.75) is 13.5 Å². The molecular weight excluding hydrogens is 456 g/mol. The first-order valence-corrected chi connectivity index (χ1v) is 12.0. The van der Waals surface area contributed by atoms with E-state index in [4.69, 9.17) is 18.6 Å². The highest BCUT2D eigenvalue weighted by atomic mass is 16.5. The van der Waals surface area contributed by atoms with Gasteiger partial charge in [0.2, 0.25) is 0 Å². The van der Waals surface area contributed by atoms with Gasteiger partial charge in [-0.25, -0.2) is 0 Å². The summed E-state index contributed by atoms with van der Waals surface area (Å²) in [6, 6.07) is 21.2. The molecule has 3 aromatic carbocycles. The number of piperazine rings is 1. The first-order valence-electron chi connectivity index (χ1n) is 12.0. The summed E-state index contributed by atoms with van der Waals surface area (Å²) in [5.41, 5.74) is 3.62. The zero-order chi connectivity index (χ0) is 25.1. The molecule has 36 heavy (non-hydrogen) atoms. The Morgan fingerprint density at radius 3 is 2.22 bits per heavy atom. The molecule has 1 fully saturated rings. The Balaban J connectivity index is 1.39. The molecule has 1 aliphatic rings. The van der Waals surface area contributed by atoms with Gasteiger partial charge >= 0.3 is 0 Å². The molecule has 1 saturated heterocycles. The number of ether oxygens (including phenoxy) is 3. The normalized spacial score (nSPS) is 13.6. The maximum Gasteiger partial charge on any atom is 0.258 e. The highest BCUT2D eigenvalue weighted by molar-refractivity contribution is 6.07. The highest BCUT2D eigenvalue weighted by Crippen LogP contribution is 2.32. The minimum Gasteiger partial charge on any atom is -0.497 e. The van der Waals surface area contributed by atoms with Gasteiger partial charge in [0.05, 0.1) is 19.8 Å². The molecule has 1 aliphatic heterocycles. The SMILES string of the molecule is COc1ccc(OCc2oc3ccc(OC)cc3c2C(=O)N2CCN(c3ccccc3C)CC2)cc1. The molecule has 2 heterocycles. The lowest BCUT2D eigenvalue weighted by molar-refractivity contribution is 0.0743. The Morgan fingerprint density at radius 2 is 1.53 bits per heavy atom. The van der Waals surface area contributed by atoms with E-state index >= 15 is 0 Å². The predicted molar refractivity (Wildman–Crippen MR) is 139 cm³/mol. The summed E-state index contributed by atoms with van der Waals surface area (Å²) >= 11 is 0. The fourth-order valence-electron chi connectivity index (χ4n) is 4.64. The second-order valence-electron chi connectivity index (χ2n) is 8.79. The maximum atomic E-state index is 13.8. The van der Waals surface area contributed by atoms with Crippen molar-refractivity contribution in [3.63, 3.8) is 0 Å². The lowest BCUT2D eigenvalue weighted by Crippen LogP contribution is -2.49. The summed E-state index contributed by atoms with van der Waals surface area (Å²) in [5.74, 6) is 2.53. The molecule has 1 amide bonds. The number of carbonyl (C=O) groups is 1. The van der Waals surface area contributed by atoms with Crippen molar-refractivity contribution in [3.05, 3.63) is 83.6 Å². The monoisotopic (exact) mass is 486 g/mol. The molecule has 0 radical (unpaired) electrons. The number of hydrogen-bond donors (Lipinski definition) is 0. The number of fused-ring (bicyclic) bond motifs is 1. The summed E-state index contributed by atoms with van der Waals surface area (Å²) in [5, 5.41) is 0.731. The molecular formula is C29H30N2O5. The largest absolute Gasteiger partial charge is 0.497 e. The topological polar surface area (TPSA) is 64.4 Å². The summed E-state index contributed by atoms with van der Waals surface area (Å²) in [7, 11) is 3.23. The van der Waals surface area contributed by atoms with Gasteiger partial charge in [0.1, 0.15) is 29.4 Å². The molecule has 0 aliphatic carbocycles. The van der Waals surface area contributed by atoms with Crippen LogP contribution in [0.4, 0.5) is 5.69 Å². The zero-order valence-electron chi connectivity index (χ0n) is 20.8. The molecule has 0 atom stereocenters. The van der Waals surface area contributed by atoms with Crippen molar-refractivity contribution in [3.8, 4) is 17.2 Å². The number of anilines is 1. The van der Waals surface area contributed by atoms with E-state index in [-0.39, 0.29) is 12.5 Å². The quantitative estimate of drug-likeness (QED) is 0.353. The Bertz CT molecular complexity index is 1350. The van der Waals surface area contributed by atoms with Gasteiger partial charge in [-0.2, -0.15) is 0 Å². The first kappa shape index (κ1) is 23.6. The number of amides is 1. The van der Waals surface area contributed by atoms with Crippen molar-refractivity contribution in [1.82, 2.24) is 4.90 Å². The van der Waals surface area contributed by atoms with Crippen LogP contribution < -0.4 is 19.1 Å². The van der Waals surface area contributed by atoms with Crippen LogP contribution in [-0.4, -0.2) is 51.2 Å². The third-order valence-corrected chi connectivity index (χ3v) is 6.63. The summed E-state index contributed by atoms with van der Waals surface area (Å²) in [4.78, 5) is 18.1. The zero-order valence-corrected chi connectivity index (χ0v) is 20.8. The molecule has 0 bridgehead atoms. The minimum absolute atomic E-state index is 0.0558. The fraction of sp³-hybridized carbons (Fsp3) is 0.276. The lowest BCUT2D eigenvalue weighted by Gasteiger charge is -2.36. The van der Waals surface area contributed by atoms with E-state index in [9.17, 15) is 4.79 Å². The summed E-state index contributed by atoms with van der Waals surface area (Å²) < 4.78 is 22.7. The number of hydrogen-bond acceptors (Lipinski definition) is 6. The molecule has 0 saturated carbocycles. The van der Waals surface area contributed by atoms with E-state index in [0.717, 1.165) is 24.2 Å². The Labute approximate surface area is 210 Å². The van der Waals surface area contributed by atoms with E-state index in [0.29, 0.717) is 41.5 Å². The van der Waals surface area contributed by atoms with Crippen LogP contribution in [0.3, 0.4) is 0 Å². The molecule has 4 aromatic rings. The Morgan fingerprint density at radius 1 is 0.861 bits per heavy atom. The van der Waals surface area contributed by atoms with Gasteiger partial charge in [0.15, 0.2) is 5.76 Å². The summed E-state index contributed by atoms with van der Waals surface area (Å²) in [6.45, 7) is 5.05. The molecule has 1 aromatic heterocycles. The fourth-order valence-corrected chi connectivity index (χ4v) is 4.64. The number of furan rings is 1. The van der Waals surface area contributed by atoms with Crippen molar-refractivity contribution in [2.24, 2.45) is 0 Å². The number of rotatable bonds is 7. The average Bonchev–Trinajstić information content (AvgIpc) is 3.29. The van der Waals surface area contributed by atoms with Gasteiger partial charge in [-0.15, -0.1) is 0 Å². The number of aryl methyl sites for hydroxylation is 1. The molecule has 0 N–H and O–H groups in total. The van der Waals surface area contributed by atoms with E-state index in [1.807, 2.05) is 53.4 Å². The third kappa shape index (κ3) is 4.69. The van der Waals surface area contributed by atoms with Crippen LogP contribution in [0.15, 0.2) is 71.1 Å². The van der Waals surface area contributed by atoms with E-state index in [1.54, 1.807) is 14.2 Å². The van der Waals surface area contributed by atoms with Gasteiger partial charge in [-0.3, -0.25) is 4.79 Å². The summed E-state index contributed by atoms with van der Waals surface area (Å²) in [6.07, 6.45) is 0. The number of carbonyl (C=O) groups excluding carboxylic acids is 1. The molecule has 7 nitrogen and oxygen atoms in total. The van der Waals surface area contributed by atoms with Gasteiger partial charge in [-0.1, -0.05) is 18.2 Å². The number of methoxy groups -OCH3 is 2. The van der Waals surface area contributed by atoms with Gasteiger partial charge in [-0.05, 0) is 61.0 Å². The smallest absolute Gasteiger partial charge is 0.258 e. The van der Waals surface area contributed by atoms with Crippen molar-refractivity contribution >= 4 is 22.6 Å². The van der Waals surface area contributed by atoms with E-state index < -0.39 is 0 Å². The maximum absolute atomic E-state index is 13.8. The molecule has 186 valence electrons. The number of para-hydroxylation sites is 1. The van der Waals surface area contributed by atoms with Crippen molar-refractivity contribution in [2.75, 3.05) is 45.3 Å². The van der Waals surface area contributed by atoms with Crippen LogP contribution in [0.2, 0.25) is 0 Å². The molecule has 0 unspecified atom stereocenters. The van der Waals surface area contributed by atoms with Gasteiger partial charge < -0.3 is 28.4 Å². The number of benzene rings is 3. The second-order valence-corrected chi connectivity index (χ2v) is 8.79. The first-order chi connectivity index (χ1) is 17.6. The Kier molecular flexibility index (Phi) is 6.71. The standard InChI is InChI=1S/C29H30N2O5/c1-20-6-4-5-7-25(20)30-14-16-31(17-15-30)29(32)28-24-18-23(34-3)12-13-26(24)36-27(28)19-35-22-10-8-21(33-2)9-11-22/h4-13,18H,14-17,19H2,1-3H3. The van der Waals surface area contributed by atoms with Crippen molar-refractivity contribution < 1.29 is 23.4 Å². The van der Waals surface area contributed by atoms with Crippen LogP contribution >= 0.6 is 0 Å². The predicted octanol–water partition coefficient (Wildman–Crippen LogP) is 5.30. The van der Waals surface area contributed by atoms with Gasteiger partial charge in [0.25, 0.3) is 5.91 Å². The lowest BCUT2D eigenvalue weighted by atomic mass is 10.1. The minimum atomic E-state index is -0.0558. The number of nitrogens with zero attached hydrogens (tertiary/aromatic N) is 2. The van der Waals surface area contributed by atoms with Crippen LogP contribution in [-0.2, 0) is 6.61 Å². The van der Waals surface area contributed by atoms with Gasteiger partial charge in [0, 0.05) is 37.3 Å². The Hall–Kier alpha value is -4.13. The van der Waals surface area contributed by atoms with E-state index in [1.165, 1.54) is 11.3 Å². The molecule has 7 heteroatoms.